The van der Waals surface area contributed by atoms with Crippen molar-refractivity contribution in [2.45, 2.75) is 6.18 Å². The van der Waals surface area contributed by atoms with E-state index >= 15 is 0 Å². The molecule has 0 amide bonds. The van der Waals surface area contributed by atoms with Gasteiger partial charge in [-0.15, -0.1) is 0 Å². The number of halogens is 4. The van der Waals surface area contributed by atoms with Crippen LogP contribution in [0.1, 0.15) is 5.56 Å². The maximum absolute atomic E-state index is 14.0. The van der Waals surface area contributed by atoms with Crippen LogP contribution >= 0.6 is 0 Å². The molecule has 0 radical (unpaired) electrons. The van der Waals surface area contributed by atoms with Crippen molar-refractivity contribution < 1.29 is 27.2 Å². The SMILES string of the molecule is COc1cc(C(F)(F)F)ccc1-c1nc(N)c([N+](=O)[O-])cc1F. The van der Waals surface area contributed by atoms with Gasteiger partial charge in [0.15, 0.2) is 5.82 Å². The first-order chi connectivity index (χ1) is 10.6. The van der Waals surface area contributed by atoms with Crippen molar-refractivity contribution in [2.24, 2.45) is 0 Å². The van der Waals surface area contributed by atoms with Crippen molar-refractivity contribution in [1.82, 2.24) is 4.98 Å². The number of hydrogen-bond donors (Lipinski definition) is 1. The van der Waals surface area contributed by atoms with Crippen molar-refractivity contribution in [1.29, 1.82) is 0 Å². The fourth-order valence-corrected chi connectivity index (χ4v) is 1.89. The lowest BCUT2D eigenvalue weighted by molar-refractivity contribution is -0.384. The van der Waals surface area contributed by atoms with Crippen LogP contribution in [0.5, 0.6) is 5.75 Å². The van der Waals surface area contributed by atoms with Gasteiger partial charge in [0.2, 0.25) is 5.82 Å². The number of benzene rings is 1. The Hall–Kier alpha value is -2.91. The van der Waals surface area contributed by atoms with Crippen molar-refractivity contribution in [3.63, 3.8) is 0 Å². The molecule has 2 N–H and O–H groups in total. The van der Waals surface area contributed by atoms with E-state index in [2.05, 4.69) is 4.98 Å². The smallest absolute Gasteiger partial charge is 0.416 e. The zero-order valence-corrected chi connectivity index (χ0v) is 11.5. The molecule has 2 rings (SSSR count). The van der Waals surface area contributed by atoms with Gasteiger partial charge < -0.3 is 10.5 Å². The highest BCUT2D eigenvalue weighted by Crippen LogP contribution is 2.38. The molecule has 0 aliphatic carbocycles. The molecule has 0 aliphatic rings. The molecule has 10 heteroatoms. The maximum Gasteiger partial charge on any atom is 0.416 e. The molecular formula is C13H9F4N3O3. The summed E-state index contributed by atoms with van der Waals surface area (Å²) in [5, 5.41) is 10.7. The first-order valence-corrected chi connectivity index (χ1v) is 6.01. The minimum Gasteiger partial charge on any atom is -0.496 e. The lowest BCUT2D eigenvalue weighted by Crippen LogP contribution is -2.06. The summed E-state index contributed by atoms with van der Waals surface area (Å²) >= 11 is 0. The van der Waals surface area contributed by atoms with Crippen LogP contribution in [-0.2, 0) is 6.18 Å². The molecule has 0 saturated carbocycles. The Morgan fingerprint density at radius 1 is 1.30 bits per heavy atom. The van der Waals surface area contributed by atoms with Crippen LogP contribution < -0.4 is 10.5 Å². The van der Waals surface area contributed by atoms with Gasteiger partial charge in [-0.3, -0.25) is 10.1 Å². The van der Waals surface area contributed by atoms with Gasteiger partial charge in [-0.05, 0) is 18.2 Å². The van der Waals surface area contributed by atoms with Crippen molar-refractivity contribution in [3.05, 3.63) is 45.8 Å². The third kappa shape index (κ3) is 3.15. The second kappa shape index (κ2) is 5.71. The van der Waals surface area contributed by atoms with Gasteiger partial charge in [-0.1, -0.05) is 0 Å². The molecule has 23 heavy (non-hydrogen) atoms. The van der Waals surface area contributed by atoms with E-state index in [0.29, 0.717) is 12.1 Å². The van der Waals surface area contributed by atoms with E-state index in [-0.39, 0.29) is 11.3 Å². The Bertz CT molecular complexity index is 778. The zero-order chi connectivity index (χ0) is 17.4. The number of nitrogens with two attached hydrogens (primary N) is 1. The van der Waals surface area contributed by atoms with Crippen LogP contribution in [0.3, 0.4) is 0 Å². The van der Waals surface area contributed by atoms with E-state index in [0.717, 1.165) is 19.2 Å². The van der Waals surface area contributed by atoms with Crippen LogP contribution in [0.25, 0.3) is 11.3 Å². The molecule has 1 heterocycles. The number of rotatable bonds is 3. The molecular weight excluding hydrogens is 322 g/mol. The Morgan fingerprint density at radius 2 is 1.96 bits per heavy atom. The molecule has 0 spiro atoms. The molecule has 2 aromatic rings. The molecule has 0 aliphatic heterocycles. The Balaban J connectivity index is 2.63. The average molecular weight is 331 g/mol. The molecule has 1 aromatic carbocycles. The number of anilines is 1. The van der Waals surface area contributed by atoms with Crippen LogP contribution in [0.15, 0.2) is 24.3 Å². The summed E-state index contributed by atoms with van der Waals surface area (Å²) in [7, 11) is 1.10. The van der Waals surface area contributed by atoms with Gasteiger partial charge in [-0.25, -0.2) is 9.37 Å². The van der Waals surface area contributed by atoms with E-state index in [1.54, 1.807) is 0 Å². The van der Waals surface area contributed by atoms with Crippen LogP contribution in [-0.4, -0.2) is 17.0 Å². The molecule has 0 unspecified atom stereocenters. The largest absolute Gasteiger partial charge is 0.496 e. The fraction of sp³-hybridized carbons (Fsp3) is 0.154. The lowest BCUT2D eigenvalue weighted by Gasteiger charge is -2.13. The topological polar surface area (TPSA) is 91.3 Å². The highest BCUT2D eigenvalue weighted by atomic mass is 19.4. The number of ether oxygens (including phenoxy) is 1. The van der Waals surface area contributed by atoms with Crippen LogP contribution in [0.4, 0.5) is 29.1 Å². The maximum atomic E-state index is 14.0. The summed E-state index contributed by atoms with van der Waals surface area (Å²) in [6, 6.07) is 2.90. The lowest BCUT2D eigenvalue weighted by atomic mass is 10.1. The first kappa shape index (κ1) is 16.5. The average Bonchev–Trinajstić information content (AvgIpc) is 2.47. The monoisotopic (exact) mass is 331 g/mol. The van der Waals surface area contributed by atoms with Gasteiger partial charge >= 0.3 is 11.9 Å². The number of alkyl halides is 3. The minimum absolute atomic E-state index is 0.111. The quantitative estimate of drug-likeness (QED) is 0.529. The predicted octanol–water partition coefficient (Wildman–Crippen LogP) is 3.41. The number of hydrogen-bond acceptors (Lipinski definition) is 5. The molecule has 0 fully saturated rings. The number of nitrogens with zero attached hydrogens (tertiary/aromatic N) is 2. The summed E-state index contributed by atoms with van der Waals surface area (Å²) in [4.78, 5) is 13.3. The Morgan fingerprint density at radius 3 is 2.48 bits per heavy atom. The Kier molecular flexibility index (Phi) is 4.08. The van der Waals surface area contributed by atoms with Crippen molar-refractivity contribution in [3.8, 4) is 17.0 Å². The summed E-state index contributed by atoms with van der Waals surface area (Å²) in [5.41, 5.74) is 3.09. The molecule has 1 aromatic heterocycles. The van der Waals surface area contributed by atoms with Crippen molar-refractivity contribution >= 4 is 11.5 Å². The Labute approximate surface area is 126 Å². The van der Waals surface area contributed by atoms with Gasteiger partial charge in [0.05, 0.1) is 23.7 Å². The summed E-state index contributed by atoms with van der Waals surface area (Å²) in [6.07, 6.45) is -4.60. The van der Waals surface area contributed by atoms with E-state index in [9.17, 15) is 27.7 Å². The molecule has 122 valence electrons. The van der Waals surface area contributed by atoms with E-state index < -0.39 is 39.7 Å². The molecule has 0 bridgehead atoms. The van der Waals surface area contributed by atoms with Crippen LogP contribution in [0.2, 0.25) is 0 Å². The molecule has 0 atom stereocenters. The van der Waals surface area contributed by atoms with Crippen LogP contribution in [0, 0.1) is 15.9 Å². The minimum atomic E-state index is -4.60. The second-order valence-electron chi connectivity index (χ2n) is 4.39. The van der Waals surface area contributed by atoms with Gasteiger partial charge in [0, 0.05) is 5.56 Å². The highest BCUT2D eigenvalue weighted by molar-refractivity contribution is 5.71. The van der Waals surface area contributed by atoms with Gasteiger partial charge in [-0.2, -0.15) is 13.2 Å². The van der Waals surface area contributed by atoms with Gasteiger partial charge in [0.1, 0.15) is 11.4 Å². The van der Waals surface area contributed by atoms with Crippen molar-refractivity contribution in [2.75, 3.05) is 12.8 Å². The zero-order valence-electron chi connectivity index (χ0n) is 11.5. The second-order valence-corrected chi connectivity index (χ2v) is 4.39. The highest BCUT2D eigenvalue weighted by Gasteiger charge is 2.32. The fourth-order valence-electron chi connectivity index (χ4n) is 1.89. The van der Waals surface area contributed by atoms with E-state index in [1.807, 2.05) is 0 Å². The molecule has 6 nitrogen and oxygen atoms in total. The normalized spacial score (nSPS) is 11.3. The standard InChI is InChI=1S/C13H9F4N3O3/c1-23-10-4-6(13(15,16)17)2-3-7(10)11-8(14)5-9(20(21)22)12(18)19-11/h2-5H,1H3,(H2,18,19). The summed E-state index contributed by atoms with van der Waals surface area (Å²) in [5.74, 6) is -1.96. The summed E-state index contributed by atoms with van der Waals surface area (Å²) < 4.78 is 56.9. The first-order valence-electron chi connectivity index (χ1n) is 6.01. The number of pyridine rings is 1. The van der Waals surface area contributed by atoms with E-state index in [4.69, 9.17) is 10.5 Å². The van der Waals surface area contributed by atoms with E-state index in [1.165, 1.54) is 0 Å². The molecule has 0 saturated heterocycles. The third-order valence-electron chi connectivity index (χ3n) is 2.97. The third-order valence-corrected chi connectivity index (χ3v) is 2.97. The summed E-state index contributed by atoms with van der Waals surface area (Å²) in [6.45, 7) is 0. The van der Waals surface area contributed by atoms with Gasteiger partial charge in [0.25, 0.3) is 0 Å². The predicted molar refractivity (Wildman–Crippen MR) is 72.3 cm³/mol. The number of nitro groups is 1. The number of aromatic nitrogens is 1. The number of methoxy groups -OCH3 is 1. The number of nitrogen functional groups attached to an aromatic ring is 1.